The Morgan fingerprint density at radius 3 is 3.14 bits per heavy atom. The summed E-state index contributed by atoms with van der Waals surface area (Å²) in [5, 5.41) is 4.05. The van der Waals surface area contributed by atoms with Crippen molar-refractivity contribution in [3.05, 3.63) is 35.2 Å². The number of nitrogens with zero attached hydrogens (tertiary/aromatic N) is 3. The first-order valence-corrected chi connectivity index (χ1v) is 8.37. The minimum absolute atomic E-state index is 0.271. The summed E-state index contributed by atoms with van der Waals surface area (Å²) in [5.41, 5.74) is 1.89. The van der Waals surface area contributed by atoms with Gasteiger partial charge in [-0.3, -0.25) is 4.90 Å². The lowest BCUT2D eigenvalue weighted by Crippen LogP contribution is -2.47. The van der Waals surface area contributed by atoms with Gasteiger partial charge < -0.3 is 14.5 Å². The van der Waals surface area contributed by atoms with Gasteiger partial charge in [0.15, 0.2) is 5.15 Å². The van der Waals surface area contributed by atoms with Crippen molar-refractivity contribution in [3.8, 4) is 0 Å². The first-order valence-electron chi connectivity index (χ1n) is 7.99. The Balaban J connectivity index is 1.35. The molecular formula is C16H21ClN4O. The van der Waals surface area contributed by atoms with E-state index in [2.05, 4.69) is 15.2 Å². The fourth-order valence-electron chi connectivity index (χ4n) is 3.16. The molecule has 4 rings (SSSR count). The first kappa shape index (κ1) is 14.5. The summed E-state index contributed by atoms with van der Waals surface area (Å²) in [6.07, 6.45) is 4.99. The zero-order valence-corrected chi connectivity index (χ0v) is 13.3. The number of hydrogen-bond donors (Lipinski definition) is 1. The number of hydrogen-bond acceptors (Lipinski definition) is 4. The molecule has 1 saturated carbocycles. The van der Waals surface area contributed by atoms with Gasteiger partial charge in [-0.05, 0) is 25.0 Å². The second-order valence-electron chi connectivity index (χ2n) is 6.13. The van der Waals surface area contributed by atoms with Gasteiger partial charge in [0.05, 0.1) is 18.4 Å². The molecular weight excluding hydrogens is 300 g/mol. The molecule has 1 aliphatic carbocycles. The molecule has 1 N–H and O–H groups in total. The Morgan fingerprint density at radius 2 is 2.27 bits per heavy atom. The maximum atomic E-state index is 6.25. The van der Waals surface area contributed by atoms with E-state index < -0.39 is 0 Å². The van der Waals surface area contributed by atoms with Gasteiger partial charge in [0.25, 0.3) is 0 Å². The maximum Gasteiger partial charge on any atom is 0.152 e. The van der Waals surface area contributed by atoms with Crippen LogP contribution >= 0.6 is 11.6 Å². The monoisotopic (exact) mass is 320 g/mol. The third-order valence-electron chi connectivity index (χ3n) is 4.48. The van der Waals surface area contributed by atoms with Crippen LogP contribution < -0.4 is 5.32 Å². The lowest BCUT2D eigenvalue weighted by molar-refractivity contribution is -0.0301. The van der Waals surface area contributed by atoms with Crippen LogP contribution in [0.4, 0.5) is 0 Å². The molecule has 0 aromatic carbocycles. The van der Waals surface area contributed by atoms with Gasteiger partial charge in [-0.1, -0.05) is 17.7 Å². The number of ether oxygens (including phenoxy) is 1. The molecule has 118 valence electrons. The Labute approximate surface area is 135 Å². The fraction of sp³-hybridized carbons (Fsp3) is 0.562. The minimum atomic E-state index is 0.271. The number of nitrogens with one attached hydrogen (secondary N) is 1. The molecule has 0 amide bonds. The van der Waals surface area contributed by atoms with Gasteiger partial charge in [-0.25, -0.2) is 4.98 Å². The second-order valence-corrected chi connectivity index (χ2v) is 6.49. The standard InChI is InChI=1S/C16H21ClN4O/c17-16-14(21-6-2-1-3-15(21)19-16)10-18-9-13-11-20(7-8-22-13)12-4-5-12/h1-3,6,12-13,18H,4-5,7-11H2/t13-/m0/s1. The molecule has 2 aliphatic rings. The number of fused-ring (bicyclic) bond motifs is 1. The summed E-state index contributed by atoms with van der Waals surface area (Å²) in [5.74, 6) is 0. The molecule has 0 bridgehead atoms. The molecule has 1 atom stereocenters. The van der Waals surface area contributed by atoms with Crippen LogP contribution in [-0.2, 0) is 11.3 Å². The predicted molar refractivity (Wildman–Crippen MR) is 86.2 cm³/mol. The van der Waals surface area contributed by atoms with Crippen LogP contribution in [-0.4, -0.2) is 52.7 Å². The van der Waals surface area contributed by atoms with E-state index in [4.69, 9.17) is 16.3 Å². The van der Waals surface area contributed by atoms with Crippen LogP contribution in [0.3, 0.4) is 0 Å². The van der Waals surface area contributed by atoms with Gasteiger partial charge in [0, 0.05) is 38.4 Å². The van der Waals surface area contributed by atoms with Gasteiger partial charge in [0.2, 0.25) is 0 Å². The van der Waals surface area contributed by atoms with Gasteiger partial charge in [-0.2, -0.15) is 0 Å². The third-order valence-corrected chi connectivity index (χ3v) is 4.78. The van der Waals surface area contributed by atoms with Gasteiger partial charge in [-0.15, -0.1) is 0 Å². The van der Waals surface area contributed by atoms with E-state index in [1.165, 1.54) is 12.8 Å². The zero-order chi connectivity index (χ0) is 14.9. The lowest BCUT2D eigenvalue weighted by atomic mass is 10.2. The molecule has 1 aliphatic heterocycles. The summed E-state index contributed by atoms with van der Waals surface area (Å²) < 4.78 is 7.90. The molecule has 0 spiro atoms. The molecule has 2 aromatic rings. The van der Waals surface area contributed by atoms with Gasteiger partial charge >= 0.3 is 0 Å². The van der Waals surface area contributed by atoms with Gasteiger partial charge in [0.1, 0.15) is 5.65 Å². The molecule has 2 fully saturated rings. The molecule has 2 aromatic heterocycles. The number of aromatic nitrogens is 2. The van der Waals surface area contributed by atoms with Crippen LogP contribution in [0.25, 0.3) is 5.65 Å². The van der Waals surface area contributed by atoms with Crippen molar-refractivity contribution in [1.82, 2.24) is 19.6 Å². The normalized spacial score (nSPS) is 23.2. The average Bonchev–Trinajstić information content (AvgIpc) is 3.33. The molecule has 0 radical (unpaired) electrons. The van der Waals surface area contributed by atoms with E-state index in [0.29, 0.717) is 11.7 Å². The van der Waals surface area contributed by atoms with E-state index in [-0.39, 0.29) is 6.10 Å². The van der Waals surface area contributed by atoms with Crippen molar-refractivity contribution in [1.29, 1.82) is 0 Å². The Morgan fingerprint density at radius 1 is 1.36 bits per heavy atom. The summed E-state index contributed by atoms with van der Waals surface area (Å²) in [4.78, 5) is 6.94. The highest BCUT2D eigenvalue weighted by Gasteiger charge is 2.32. The Bertz CT molecular complexity index is 655. The predicted octanol–water partition coefficient (Wildman–Crippen LogP) is 1.94. The fourth-order valence-corrected chi connectivity index (χ4v) is 3.41. The highest BCUT2D eigenvalue weighted by molar-refractivity contribution is 6.30. The topological polar surface area (TPSA) is 41.8 Å². The number of morpholine rings is 1. The number of pyridine rings is 1. The highest BCUT2D eigenvalue weighted by atomic mass is 35.5. The molecule has 1 saturated heterocycles. The lowest BCUT2D eigenvalue weighted by Gasteiger charge is -2.33. The van der Waals surface area contributed by atoms with Crippen molar-refractivity contribution in [2.45, 2.75) is 31.5 Å². The third kappa shape index (κ3) is 2.99. The Kier molecular flexibility index (Phi) is 4.05. The van der Waals surface area contributed by atoms with Crippen LogP contribution in [0.15, 0.2) is 24.4 Å². The van der Waals surface area contributed by atoms with E-state index >= 15 is 0 Å². The largest absolute Gasteiger partial charge is 0.374 e. The van der Waals surface area contributed by atoms with E-state index in [1.807, 2.05) is 28.8 Å². The summed E-state index contributed by atoms with van der Waals surface area (Å²) in [6, 6.07) is 6.75. The number of rotatable bonds is 5. The molecule has 0 unspecified atom stereocenters. The van der Waals surface area contributed by atoms with E-state index in [9.17, 15) is 0 Å². The van der Waals surface area contributed by atoms with Crippen molar-refractivity contribution >= 4 is 17.2 Å². The zero-order valence-electron chi connectivity index (χ0n) is 12.5. The SMILES string of the molecule is Clc1nc2ccccn2c1CNC[C@H]1CN(C2CC2)CCO1. The summed E-state index contributed by atoms with van der Waals surface area (Å²) in [6.45, 7) is 4.52. The maximum absolute atomic E-state index is 6.25. The highest BCUT2D eigenvalue weighted by Crippen LogP contribution is 2.28. The van der Waals surface area contributed by atoms with Crippen molar-refractivity contribution in [2.75, 3.05) is 26.2 Å². The van der Waals surface area contributed by atoms with Crippen LogP contribution in [0, 0.1) is 0 Å². The van der Waals surface area contributed by atoms with Crippen LogP contribution in [0.1, 0.15) is 18.5 Å². The van der Waals surface area contributed by atoms with Crippen LogP contribution in [0.5, 0.6) is 0 Å². The molecule has 5 nitrogen and oxygen atoms in total. The van der Waals surface area contributed by atoms with Crippen molar-refractivity contribution < 1.29 is 4.74 Å². The van der Waals surface area contributed by atoms with Crippen LogP contribution in [0.2, 0.25) is 5.15 Å². The summed E-state index contributed by atoms with van der Waals surface area (Å²) >= 11 is 6.25. The van der Waals surface area contributed by atoms with E-state index in [0.717, 1.165) is 43.6 Å². The number of imidazole rings is 1. The average molecular weight is 321 g/mol. The van der Waals surface area contributed by atoms with Crippen molar-refractivity contribution in [3.63, 3.8) is 0 Å². The molecule has 22 heavy (non-hydrogen) atoms. The quantitative estimate of drug-likeness (QED) is 0.914. The number of halogens is 1. The summed E-state index contributed by atoms with van der Waals surface area (Å²) in [7, 11) is 0. The second kappa shape index (κ2) is 6.16. The van der Waals surface area contributed by atoms with E-state index in [1.54, 1.807) is 0 Å². The first-order chi connectivity index (χ1) is 10.8. The molecule has 3 heterocycles. The smallest absolute Gasteiger partial charge is 0.152 e. The van der Waals surface area contributed by atoms with Crippen molar-refractivity contribution in [2.24, 2.45) is 0 Å². The minimum Gasteiger partial charge on any atom is -0.374 e. The Hall–Kier alpha value is -1.14. The molecule has 6 heteroatoms.